The minimum Gasteiger partial charge on any atom is -0.382 e. The van der Waals surface area contributed by atoms with E-state index < -0.39 is 0 Å². The number of nitrogens with zero attached hydrogens (tertiary/aromatic N) is 2. The summed E-state index contributed by atoms with van der Waals surface area (Å²) in [6.07, 6.45) is 2.89. The molecule has 0 saturated carbocycles. The zero-order valence-electron chi connectivity index (χ0n) is 10.3. The fourth-order valence-corrected chi connectivity index (χ4v) is 1.59. The molecule has 1 amide bonds. The number of hydrogen-bond donors (Lipinski definition) is 2. The maximum atomic E-state index is 12.0. The topological polar surface area (TPSA) is 80.9 Å². The van der Waals surface area contributed by atoms with Gasteiger partial charge < -0.3 is 11.1 Å². The highest BCUT2D eigenvalue weighted by atomic mass is 16.1. The van der Waals surface area contributed by atoms with E-state index in [4.69, 9.17) is 5.73 Å². The molecule has 0 unspecified atom stereocenters. The number of anilines is 2. The average molecular weight is 242 g/mol. The van der Waals surface area contributed by atoms with E-state index in [0.717, 1.165) is 16.8 Å². The predicted octanol–water partition coefficient (Wildman–Crippen LogP) is 1.93. The van der Waals surface area contributed by atoms with Crippen LogP contribution in [0.5, 0.6) is 0 Å². The number of amides is 1. The van der Waals surface area contributed by atoms with Crippen molar-refractivity contribution in [2.75, 3.05) is 11.1 Å². The summed E-state index contributed by atoms with van der Waals surface area (Å²) in [6, 6.07) is 5.71. The van der Waals surface area contributed by atoms with Crippen molar-refractivity contribution in [1.82, 2.24) is 9.97 Å². The summed E-state index contributed by atoms with van der Waals surface area (Å²) in [4.78, 5) is 19.8. The molecule has 0 atom stereocenters. The fraction of sp³-hybridized carbons (Fsp3) is 0.154. The van der Waals surface area contributed by atoms with Crippen molar-refractivity contribution in [1.29, 1.82) is 0 Å². The van der Waals surface area contributed by atoms with Crippen LogP contribution in [0.4, 0.5) is 11.5 Å². The van der Waals surface area contributed by atoms with Crippen LogP contribution in [-0.2, 0) is 0 Å². The molecule has 0 bridgehead atoms. The minimum absolute atomic E-state index is 0.125. The molecule has 0 aliphatic heterocycles. The molecule has 18 heavy (non-hydrogen) atoms. The van der Waals surface area contributed by atoms with Crippen LogP contribution in [0.1, 0.15) is 21.6 Å². The smallest absolute Gasteiger partial charge is 0.278 e. The molecule has 0 aliphatic rings. The zero-order valence-corrected chi connectivity index (χ0v) is 10.3. The van der Waals surface area contributed by atoms with Crippen molar-refractivity contribution >= 4 is 17.4 Å². The van der Waals surface area contributed by atoms with Crippen LogP contribution in [0.25, 0.3) is 0 Å². The van der Waals surface area contributed by atoms with Crippen LogP contribution in [-0.4, -0.2) is 15.9 Å². The normalized spacial score (nSPS) is 10.1. The Morgan fingerprint density at radius 2 is 1.94 bits per heavy atom. The van der Waals surface area contributed by atoms with E-state index in [-0.39, 0.29) is 17.4 Å². The van der Waals surface area contributed by atoms with Crippen molar-refractivity contribution in [3.8, 4) is 0 Å². The summed E-state index contributed by atoms with van der Waals surface area (Å²) in [5.74, 6) is -0.227. The molecule has 2 rings (SSSR count). The first-order valence-corrected chi connectivity index (χ1v) is 5.53. The third-order valence-electron chi connectivity index (χ3n) is 2.79. The molecule has 0 radical (unpaired) electrons. The molecule has 0 fully saturated rings. The van der Waals surface area contributed by atoms with Gasteiger partial charge in [-0.05, 0) is 31.0 Å². The quantitative estimate of drug-likeness (QED) is 0.843. The Hall–Kier alpha value is -2.43. The van der Waals surface area contributed by atoms with Crippen molar-refractivity contribution in [3.05, 3.63) is 47.4 Å². The summed E-state index contributed by atoms with van der Waals surface area (Å²) in [5, 5.41) is 2.79. The Kier molecular flexibility index (Phi) is 3.23. The highest BCUT2D eigenvalue weighted by Gasteiger charge is 2.13. The highest BCUT2D eigenvalue weighted by molar-refractivity contribution is 6.06. The van der Waals surface area contributed by atoms with E-state index in [0.29, 0.717) is 0 Å². The first-order valence-electron chi connectivity index (χ1n) is 5.53. The van der Waals surface area contributed by atoms with Gasteiger partial charge in [0.1, 0.15) is 0 Å². The van der Waals surface area contributed by atoms with E-state index in [1.165, 1.54) is 12.4 Å². The third-order valence-corrected chi connectivity index (χ3v) is 2.79. The zero-order chi connectivity index (χ0) is 13.1. The number of nitrogens with one attached hydrogen (secondary N) is 1. The molecule has 1 aromatic carbocycles. The molecule has 0 spiro atoms. The van der Waals surface area contributed by atoms with Gasteiger partial charge in [0, 0.05) is 18.1 Å². The molecular formula is C13H14N4O. The average Bonchev–Trinajstić information content (AvgIpc) is 2.35. The van der Waals surface area contributed by atoms with E-state index in [9.17, 15) is 4.79 Å². The lowest BCUT2D eigenvalue weighted by Crippen LogP contribution is -2.17. The number of nitrogen functional groups attached to an aromatic ring is 1. The summed E-state index contributed by atoms with van der Waals surface area (Å²) >= 11 is 0. The molecule has 0 saturated heterocycles. The van der Waals surface area contributed by atoms with Crippen LogP contribution < -0.4 is 11.1 Å². The van der Waals surface area contributed by atoms with Gasteiger partial charge in [-0.1, -0.05) is 12.1 Å². The van der Waals surface area contributed by atoms with Gasteiger partial charge in [0.25, 0.3) is 5.91 Å². The second-order valence-corrected chi connectivity index (χ2v) is 3.99. The monoisotopic (exact) mass is 242 g/mol. The summed E-state index contributed by atoms with van der Waals surface area (Å²) in [6.45, 7) is 3.94. The Morgan fingerprint density at radius 3 is 2.67 bits per heavy atom. The van der Waals surface area contributed by atoms with Gasteiger partial charge >= 0.3 is 0 Å². The lowest BCUT2D eigenvalue weighted by Gasteiger charge is -2.10. The molecule has 5 heteroatoms. The number of nitrogens with two attached hydrogens (primary N) is 1. The van der Waals surface area contributed by atoms with Crippen LogP contribution in [0, 0.1) is 13.8 Å². The van der Waals surface area contributed by atoms with Gasteiger partial charge in [0.2, 0.25) is 0 Å². The van der Waals surface area contributed by atoms with E-state index in [1.54, 1.807) is 0 Å². The predicted molar refractivity (Wildman–Crippen MR) is 70.3 cm³/mol. The Balaban J connectivity index is 2.27. The van der Waals surface area contributed by atoms with Gasteiger partial charge in [0.15, 0.2) is 11.5 Å². The van der Waals surface area contributed by atoms with Crippen molar-refractivity contribution in [2.45, 2.75) is 13.8 Å². The Morgan fingerprint density at radius 1 is 1.22 bits per heavy atom. The second kappa shape index (κ2) is 4.83. The number of carbonyl (C=O) groups excluding carboxylic acids is 1. The standard InChI is InChI=1S/C13H14N4O/c1-8-4-3-5-10(9(8)2)17-13(18)11-12(14)16-7-6-15-11/h3-7H,1-2H3,(H2,14,16)(H,17,18). The highest BCUT2D eigenvalue weighted by Crippen LogP contribution is 2.19. The molecule has 1 heterocycles. The molecule has 5 nitrogen and oxygen atoms in total. The van der Waals surface area contributed by atoms with Gasteiger partial charge in [-0.25, -0.2) is 9.97 Å². The number of carbonyl (C=O) groups is 1. The fourth-order valence-electron chi connectivity index (χ4n) is 1.59. The number of hydrogen-bond acceptors (Lipinski definition) is 4. The van der Waals surface area contributed by atoms with Crippen molar-refractivity contribution in [2.24, 2.45) is 0 Å². The molecule has 0 aliphatic carbocycles. The van der Waals surface area contributed by atoms with Crippen LogP contribution in [0.15, 0.2) is 30.6 Å². The number of aromatic nitrogens is 2. The van der Waals surface area contributed by atoms with E-state index in [1.807, 2.05) is 32.0 Å². The second-order valence-electron chi connectivity index (χ2n) is 3.99. The van der Waals surface area contributed by atoms with Crippen LogP contribution in [0.2, 0.25) is 0 Å². The lowest BCUT2D eigenvalue weighted by atomic mass is 10.1. The summed E-state index contributed by atoms with van der Waals surface area (Å²) in [5.41, 5.74) is 8.63. The van der Waals surface area contributed by atoms with Gasteiger partial charge in [0.05, 0.1) is 0 Å². The summed E-state index contributed by atoms with van der Waals surface area (Å²) in [7, 11) is 0. The molecule has 2 aromatic rings. The largest absolute Gasteiger partial charge is 0.382 e. The molecule has 92 valence electrons. The number of aryl methyl sites for hydroxylation is 1. The maximum Gasteiger partial charge on any atom is 0.278 e. The summed E-state index contributed by atoms with van der Waals surface area (Å²) < 4.78 is 0. The molecule has 1 aromatic heterocycles. The first kappa shape index (κ1) is 12.0. The molecule has 3 N–H and O–H groups in total. The van der Waals surface area contributed by atoms with Gasteiger partial charge in [-0.15, -0.1) is 0 Å². The Bertz CT molecular complexity index is 595. The number of rotatable bonds is 2. The minimum atomic E-state index is -0.352. The van der Waals surface area contributed by atoms with E-state index >= 15 is 0 Å². The maximum absolute atomic E-state index is 12.0. The Labute approximate surface area is 105 Å². The van der Waals surface area contributed by atoms with Crippen molar-refractivity contribution in [3.63, 3.8) is 0 Å². The van der Waals surface area contributed by atoms with Crippen LogP contribution in [0.3, 0.4) is 0 Å². The lowest BCUT2D eigenvalue weighted by molar-refractivity contribution is 0.102. The molecular weight excluding hydrogens is 228 g/mol. The van der Waals surface area contributed by atoms with Gasteiger partial charge in [-0.3, -0.25) is 4.79 Å². The SMILES string of the molecule is Cc1cccc(NC(=O)c2nccnc2N)c1C. The van der Waals surface area contributed by atoms with Gasteiger partial charge in [-0.2, -0.15) is 0 Å². The first-order chi connectivity index (χ1) is 8.59. The van der Waals surface area contributed by atoms with E-state index in [2.05, 4.69) is 15.3 Å². The number of benzene rings is 1. The van der Waals surface area contributed by atoms with Crippen molar-refractivity contribution < 1.29 is 4.79 Å². The van der Waals surface area contributed by atoms with Crippen LogP contribution >= 0.6 is 0 Å². The third kappa shape index (κ3) is 2.29.